The van der Waals surface area contributed by atoms with E-state index in [9.17, 15) is 4.79 Å². The molecule has 1 spiro atoms. The summed E-state index contributed by atoms with van der Waals surface area (Å²) in [6.07, 6.45) is 4.33. The van der Waals surface area contributed by atoms with Crippen molar-refractivity contribution in [3.8, 4) is 0 Å². The first-order valence-corrected chi connectivity index (χ1v) is 8.11. The van der Waals surface area contributed by atoms with Crippen molar-refractivity contribution in [3.63, 3.8) is 0 Å². The van der Waals surface area contributed by atoms with Gasteiger partial charge in [-0.2, -0.15) is 0 Å². The smallest absolute Gasteiger partial charge is 0.244 e. The van der Waals surface area contributed by atoms with E-state index in [2.05, 4.69) is 33.0 Å². The van der Waals surface area contributed by atoms with E-state index in [1.165, 1.54) is 0 Å². The van der Waals surface area contributed by atoms with Crippen LogP contribution in [0.25, 0.3) is 0 Å². The molecule has 1 unspecified atom stereocenters. The Morgan fingerprint density at radius 3 is 2.50 bits per heavy atom. The zero-order chi connectivity index (χ0) is 14.8. The Bertz CT molecular complexity index is 337. The molecule has 1 aliphatic carbocycles. The summed E-state index contributed by atoms with van der Waals surface area (Å²) < 4.78 is 5.67. The van der Waals surface area contributed by atoms with Crippen LogP contribution < -0.4 is 5.32 Å². The maximum absolute atomic E-state index is 12.5. The molecule has 1 atom stereocenters. The average Bonchev–Trinajstić information content (AvgIpc) is 3.07. The quantitative estimate of drug-likeness (QED) is 0.695. The number of carbonyl (C=O) groups is 1. The number of ether oxygens (including phenoxy) is 1. The van der Waals surface area contributed by atoms with E-state index in [4.69, 9.17) is 4.74 Å². The van der Waals surface area contributed by atoms with Crippen LogP contribution in [0.4, 0.5) is 0 Å². The topological polar surface area (TPSA) is 41.6 Å². The lowest BCUT2D eigenvalue weighted by molar-refractivity contribution is -0.131. The molecule has 4 heteroatoms. The molecular weight excluding hydrogens is 252 g/mol. The Hall–Kier alpha value is -0.610. The molecule has 0 aromatic carbocycles. The van der Waals surface area contributed by atoms with Gasteiger partial charge in [0.05, 0.1) is 18.3 Å². The van der Waals surface area contributed by atoms with E-state index in [0.717, 1.165) is 38.8 Å². The predicted molar refractivity (Wildman–Crippen MR) is 80.3 cm³/mol. The molecule has 1 heterocycles. The fourth-order valence-corrected chi connectivity index (χ4v) is 2.83. The zero-order valence-corrected chi connectivity index (χ0v) is 13.4. The number of rotatable bonds is 8. The van der Waals surface area contributed by atoms with Gasteiger partial charge >= 0.3 is 0 Å². The molecule has 0 aromatic rings. The normalized spacial score (nSPS) is 24.4. The molecule has 2 aliphatic rings. The molecular formula is C16H30N2O2. The summed E-state index contributed by atoms with van der Waals surface area (Å²) in [5.41, 5.74) is -0.197. The van der Waals surface area contributed by atoms with Gasteiger partial charge < -0.3 is 9.64 Å². The van der Waals surface area contributed by atoms with Gasteiger partial charge in [0, 0.05) is 13.2 Å². The lowest BCUT2D eigenvalue weighted by atomic mass is 10.1. The van der Waals surface area contributed by atoms with E-state index in [-0.39, 0.29) is 11.7 Å². The third-order valence-electron chi connectivity index (χ3n) is 4.25. The van der Waals surface area contributed by atoms with Crippen molar-refractivity contribution < 1.29 is 9.53 Å². The van der Waals surface area contributed by atoms with Crippen LogP contribution >= 0.6 is 0 Å². The van der Waals surface area contributed by atoms with Gasteiger partial charge in [-0.05, 0) is 37.5 Å². The predicted octanol–water partition coefficient (Wildman–Crippen LogP) is 2.39. The minimum Gasteiger partial charge on any atom is -0.380 e. The second-order valence-electron chi connectivity index (χ2n) is 7.17. The minimum absolute atomic E-state index is 0.197. The van der Waals surface area contributed by atoms with Crippen LogP contribution in [0, 0.1) is 11.8 Å². The second kappa shape index (κ2) is 6.44. The molecule has 20 heavy (non-hydrogen) atoms. The van der Waals surface area contributed by atoms with Crippen molar-refractivity contribution in [1.29, 1.82) is 0 Å². The summed E-state index contributed by atoms with van der Waals surface area (Å²) >= 11 is 0. The highest BCUT2D eigenvalue weighted by molar-refractivity contribution is 5.91. The lowest BCUT2D eigenvalue weighted by Gasteiger charge is -2.25. The van der Waals surface area contributed by atoms with Crippen molar-refractivity contribution in [1.82, 2.24) is 10.2 Å². The number of nitrogens with one attached hydrogen (secondary N) is 1. The van der Waals surface area contributed by atoms with Gasteiger partial charge in [0.1, 0.15) is 0 Å². The van der Waals surface area contributed by atoms with Crippen LogP contribution in [0.3, 0.4) is 0 Å². The van der Waals surface area contributed by atoms with Crippen LogP contribution in [0.2, 0.25) is 0 Å². The van der Waals surface area contributed by atoms with E-state index in [0.29, 0.717) is 24.3 Å². The standard InChI is InChI=1S/C16H30N2O2/c1-12(2)5-9-20-10-8-18-14(11-13(3)4)17-16(6-7-16)15(18)19/h12-14,17H,5-11H2,1-4H3. The number of amides is 1. The Balaban J connectivity index is 1.79. The number of nitrogens with zero attached hydrogens (tertiary/aromatic N) is 1. The molecule has 0 aromatic heterocycles. The Morgan fingerprint density at radius 1 is 1.25 bits per heavy atom. The largest absolute Gasteiger partial charge is 0.380 e. The monoisotopic (exact) mass is 282 g/mol. The SMILES string of the molecule is CC(C)CCOCCN1C(=O)C2(CC2)NC1CC(C)C. The fourth-order valence-electron chi connectivity index (χ4n) is 2.83. The summed E-state index contributed by atoms with van der Waals surface area (Å²) in [5.74, 6) is 1.57. The van der Waals surface area contributed by atoms with Gasteiger partial charge in [-0.3, -0.25) is 10.1 Å². The average molecular weight is 282 g/mol. The molecule has 1 saturated carbocycles. The Kier molecular flexibility index (Phi) is 5.08. The highest BCUT2D eigenvalue weighted by atomic mass is 16.5. The third-order valence-corrected chi connectivity index (χ3v) is 4.25. The highest BCUT2D eigenvalue weighted by Gasteiger charge is 2.58. The molecule has 1 saturated heterocycles. The van der Waals surface area contributed by atoms with E-state index in [1.807, 2.05) is 4.90 Å². The van der Waals surface area contributed by atoms with E-state index in [1.54, 1.807) is 0 Å². The zero-order valence-electron chi connectivity index (χ0n) is 13.4. The van der Waals surface area contributed by atoms with Gasteiger partial charge in [0.25, 0.3) is 0 Å². The first-order valence-electron chi connectivity index (χ1n) is 8.11. The van der Waals surface area contributed by atoms with Gasteiger partial charge in [0.15, 0.2) is 0 Å². The Morgan fingerprint density at radius 2 is 1.95 bits per heavy atom. The van der Waals surface area contributed by atoms with Gasteiger partial charge in [-0.25, -0.2) is 0 Å². The molecule has 2 fully saturated rings. The highest BCUT2D eigenvalue weighted by Crippen LogP contribution is 2.42. The van der Waals surface area contributed by atoms with Crippen LogP contribution in [0.15, 0.2) is 0 Å². The first-order chi connectivity index (χ1) is 9.44. The van der Waals surface area contributed by atoms with Gasteiger partial charge in [-0.15, -0.1) is 0 Å². The van der Waals surface area contributed by atoms with Crippen LogP contribution in [0.5, 0.6) is 0 Å². The maximum Gasteiger partial charge on any atom is 0.244 e. The van der Waals surface area contributed by atoms with Crippen LogP contribution in [0.1, 0.15) is 53.4 Å². The molecule has 0 radical (unpaired) electrons. The lowest BCUT2D eigenvalue weighted by Crippen LogP contribution is -2.40. The van der Waals surface area contributed by atoms with Crippen molar-refractivity contribution in [2.75, 3.05) is 19.8 Å². The maximum atomic E-state index is 12.5. The van der Waals surface area contributed by atoms with Crippen LogP contribution in [-0.4, -0.2) is 42.3 Å². The summed E-state index contributed by atoms with van der Waals surface area (Å²) in [4.78, 5) is 14.5. The van der Waals surface area contributed by atoms with Crippen molar-refractivity contribution >= 4 is 5.91 Å². The van der Waals surface area contributed by atoms with E-state index >= 15 is 0 Å². The molecule has 1 aliphatic heterocycles. The summed E-state index contributed by atoms with van der Waals surface area (Å²) in [6.45, 7) is 11.0. The first kappa shape index (κ1) is 15.8. The molecule has 2 rings (SSSR count). The molecule has 116 valence electrons. The molecule has 4 nitrogen and oxygen atoms in total. The van der Waals surface area contributed by atoms with Crippen LogP contribution in [-0.2, 0) is 9.53 Å². The molecule has 1 N–H and O–H groups in total. The second-order valence-corrected chi connectivity index (χ2v) is 7.17. The van der Waals surface area contributed by atoms with Crippen molar-refractivity contribution in [2.24, 2.45) is 11.8 Å². The molecule has 0 bridgehead atoms. The van der Waals surface area contributed by atoms with Crippen molar-refractivity contribution in [3.05, 3.63) is 0 Å². The van der Waals surface area contributed by atoms with Gasteiger partial charge in [0.2, 0.25) is 5.91 Å². The molecule has 1 amide bonds. The fraction of sp³-hybridized carbons (Fsp3) is 0.938. The number of carbonyl (C=O) groups excluding carboxylic acids is 1. The van der Waals surface area contributed by atoms with Gasteiger partial charge in [-0.1, -0.05) is 27.7 Å². The Labute approximate surface area is 123 Å². The summed E-state index contributed by atoms with van der Waals surface area (Å²) in [7, 11) is 0. The van der Waals surface area contributed by atoms with Crippen molar-refractivity contribution in [2.45, 2.75) is 65.1 Å². The minimum atomic E-state index is -0.197. The number of hydrogen-bond acceptors (Lipinski definition) is 3. The third kappa shape index (κ3) is 3.73. The summed E-state index contributed by atoms with van der Waals surface area (Å²) in [6, 6.07) is 0. The summed E-state index contributed by atoms with van der Waals surface area (Å²) in [5, 5.41) is 3.55. The number of hydrogen-bond donors (Lipinski definition) is 1. The van der Waals surface area contributed by atoms with E-state index < -0.39 is 0 Å².